The molecule has 1 saturated carbocycles. The van der Waals surface area contributed by atoms with E-state index in [0.29, 0.717) is 5.41 Å². The van der Waals surface area contributed by atoms with Crippen molar-refractivity contribution in [3.05, 3.63) is 28.8 Å². The summed E-state index contributed by atoms with van der Waals surface area (Å²) in [7, 11) is 0. The standard InChI is InChI=1S/C18H27BrO/c1-14-10-15(2)17(16(3)11-14)20-13-18(12-19)8-6-4-5-7-9-18/h10-11H,4-9,12-13H2,1-3H3. The maximum absolute atomic E-state index is 6.28. The SMILES string of the molecule is Cc1cc(C)c(OCC2(CBr)CCCCCC2)c(C)c1. The van der Waals surface area contributed by atoms with Gasteiger partial charge in [0.2, 0.25) is 0 Å². The fraction of sp³-hybridized carbons (Fsp3) is 0.667. The third kappa shape index (κ3) is 3.78. The average Bonchev–Trinajstić information content (AvgIpc) is 2.63. The molecule has 2 heteroatoms. The van der Waals surface area contributed by atoms with Crippen LogP contribution in [0.2, 0.25) is 0 Å². The molecular formula is C18H27BrO. The number of rotatable bonds is 4. The van der Waals surface area contributed by atoms with Crippen molar-refractivity contribution in [1.82, 2.24) is 0 Å². The lowest BCUT2D eigenvalue weighted by molar-refractivity contribution is 0.148. The molecule has 0 saturated heterocycles. The van der Waals surface area contributed by atoms with Crippen LogP contribution in [-0.4, -0.2) is 11.9 Å². The van der Waals surface area contributed by atoms with Gasteiger partial charge in [0, 0.05) is 10.7 Å². The number of benzene rings is 1. The predicted molar refractivity (Wildman–Crippen MR) is 90.1 cm³/mol. The normalized spacial score (nSPS) is 18.6. The molecule has 0 heterocycles. The maximum Gasteiger partial charge on any atom is 0.125 e. The summed E-state index contributed by atoms with van der Waals surface area (Å²) in [6.45, 7) is 7.31. The van der Waals surface area contributed by atoms with Crippen molar-refractivity contribution in [3.8, 4) is 5.75 Å². The number of halogens is 1. The summed E-state index contributed by atoms with van der Waals surface area (Å²) < 4.78 is 6.28. The smallest absolute Gasteiger partial charge is 0.125 e. The van der Waals surface area contributed by atoms with Gasteiger partial charge in [0.25, 0.3) is 0 Å². The van der Waals surface area contributed by atoms with Gasteiger partial charge in [0.1, 0.15) is 5.75 Å². The molecule has 1 aliphatic rings. The summed E-state index contributed by atoms with van der Waals surface area (Å²) in [5.74, 6) is 1.10. The first-order valence-corrected chi connectivity index (χ1v) is 8.95. The Labute approximate surface area is 132 Å². The lowest BCUT2D eigenvalue weighted by Gasteiger charge is -2.31. The van der Waals surface area contributed by atoms with Gasteiger partial charge >= 0.3 is 0 Å². The second kappa shape index (κ2) is 6.98. The van der Waals surface area contributed by atoms with Crippen LogP contribution in [-0.2, 0) is 0 Å². The summed E-state index contributed by atoms with van der Waals surface area (Å²) in [4.78, 5) is 0. The Morgan fingerprint density at radius 1 is 1.00 bits per heavy atom. The molecule has 2 rings (SSSR count). The van der Waals surface area contributed by atoms with Gasteiger partial charge in [-0.3, -0.25) is 0 Å². The lowest BCUT2D eigenvalue weighted by Crippen LogP contribution is -2.30. The molecule has 0 radical (unpaired) electrons. The molecule has 1 fully saturated rings. The van der Waals surface area contributed by atoms with Crippen molar-refractivity contribution in [1.29, 1.82) is 0 Å². The number of hydrogen-bond donors (Lipinski definition) is 0. The molecule has 112 valence electrons. The van der Waals surface area contributed by atoms with Crippen LogP contribution in [0.25, 0.3) is 0 Å². The highest BCUT2D eigenvalue weighted by molar-refractivity contribution is 9.09. The highest BCUT2D eigenvalue weighted by Gasteiger charge is 2.31. The van der Waals surface area contributed by atoms with Crippen LogP contribution in [0.15, 0.2) is 12.1 Å². The van der Waals surface area contributed by atoms with Gasteiger partial charge in [0.05, 0.1) is 6.61 Å². The maximum atomic E-state index is 6.28. The molecule has 0 N–H and O–H groups in total. The third-order valence-electron chi connectivity index (χ3n) is 4.58. The van der Waals surface area contributed by atoms with Crippen molar-refractivity contribution in [3.63, 3.8) is 0 Å². The Morgan fingerprint density at radius 2 is 1.55 bits per heavy atom. The summed E-state index contributed by atoms with van der Waals surface area (Å²) in [6, 6.07) is 4.44. The molecule has 1 aromatic rings. The first-order chi connectivity index (χ1) is 9.56. The molecule has 20 heavy (non-hydrogen) atoms. The Hall–Kier alpha value is -0.500. The molecule has 0 amide bonds. The fourth-order valence-electron chi connectivity index (χ4n) is 3.41. The van der Waals surface area contributed by atoms with E-state index >= 15 is 0 Å². The van der Waals surface area contributed by atoms with Crippen LogP contribution in [0.3, 0.4) is 0 Å². The minimum Gasteiger partial charge on any atom is -0.492 e. The predicted octanol–water partition coefficient (Wildman–Crippen LogP) is 5.73. The van der Waals surface area contributed by atoms with E-state index in [0.717, 1.165) is 17.7 Å². The molecule has 1 nitrogen and oxygen atoms in total. The lowest BCUT2D eigenvalue weighted by atomic mass is 9.83. The van der Waals surface area contributed by atoms with Crippen LogP contribution >= 0.6 is 15.9 Å². The first kappa shape index (κ1) is 15.9. The fourth-order valence-corrected chi connectivity index (χ4v) is 4.14. The van der Waals surface area contributed by atoms with Crippen LogP contribution in [0.5, 0.6) is 5.75 Å². The minimum atomic E-state index is 0.334. The topological polar surface area (TPSA) is 9.23 Å². The van der Waals surface area contributed by atoms with E-state index < -0.39 is 0 Å². The summed E-state index contributed by atoms with van der Waals surface area (Å²) in [5.41, 5.74) is 4.18. The Balaban J connectivity index is 2.10. The van der Waals surface area contributed by atoms with Crippen LogP contribution in [0, 0.1) is 26.2 Å². The third-order valence-corrected chi connectivity index (χ3v) is 5.76. The zero-order valence-electron chi connectivity index (χ0n) is 13.1. The van der Waals surface area contributed by atoms with Gasteiger partial charge in [0.15, 0.2) is 0 Å². The second-order valence-corrected chi connectivity index (χ2v) is 7.13. The van der Waals surface area contributed by atoms with Crippen molar-refractivity contribution in [2.45, 2.75) is 59.3 Å². The van der Waals surface area contributed by atoms with E-state index in [2.05, 4.69) is 48.8 Å². The first-order valence-electron chi connectivity index (χ1n) is 7.83. The monoisotopic (exact) mass is 338 g/mol. The second-order valence-electron chi connectivity index (χ2n) is 6.56. The van der Waals surface area contributed by atoms with E-state index in [1.54, 1.807) is 0 Å². The molecule has 0 atom stereocenters. The molecule has 0 aromatic heterocycles. The molecule has 0 bridgehead atoms. The zero-order valence-corrected chi connectivity index (χ0v) is 14.7. The van der Waals surface area contributed by atoms with E-state index in [9.17, 15) is 0 Å². The Morgan fingerprint density at radius 3 is 2.05 bits per heavy atom. The highest BCUT2D eigenvalue weighted by Crippen LogP contribution is 2.38. The van der Waals surface area contributed by atoms with Gasteiger partial charge in [-0.1, -0.05) is 59.3 Å². The van der Waals surface area contributed by atoms with E-state index in [4.69, 9.17) is 4.74 Å². The van der Waals surface area contributed by atoms with Gasteiger partial charge in [-0.05, 0) is 44.7 Å². The van der Waals surface area contributed by atoms with E-state index in [-0.39, 0.29) is 0 Å². The highest BCUT2D eigenvalue weighted by atomic mass is 79.9. The molecular weight excluding hydrogens is 312 g/mol. The van der Waals surface area contributed by atoms with E-state index in [1.165, 1.54) is 55.2 Å². The molecule has 1 aliphatic carbocycles. The average molecular weight is 339 g/mol. The van der Waals surface area contributed by atoms with Crippen LogP contribution < -0.4 is 4.74 Å². The number of hydrogen-bond acceptors (Lipinski definition) is 1. The molecule has 0 spiro atoms. The largest absolute Gasteiger partial charge is 0.492 e. The number of ether oxygens (including phenoxy) is 1. The summed E-state index contributed by atoms with van der Waals surface area (Å²) in [5, 5.41) is 1.06. The van der Waals surface area contributed by atoms with Crippen molar-refractivity contribution in [2.75, 3.05) is 11.9 Å². The van der Waals surface area contributed by atoms with Crippen LogP contribution in [0.4, 0.5) is 0 Å². The molecule has 1 aromatic carbocycles. The van der Waals surface area contributed by atoms with Crippen LogP contribution in [0.1, 0.15) is 55.2 Å². The van der Waals surface area contributed by atoms with Crippen molar-refractivity contribution < 1.29 is 4.74 Å². The van der Waals surface area contributed by atoms with Gasteiger partial charge < -0.3 is 4.74 Å². The summed E-state index contributed by atoms with van der Waals surface area (Å²) >= 11 is 3.75. The van der Waals surface area contributed by atoms with Crippen molar-refractivity contribution in [2.24, 2.45) is 5.41 Å². The molecule has 0 aliphatic heterocycles. The van der Waals surface area contributed by atoms with Gasteiger partial charge in [-0.25, -0.2) is 0 Å². The van der Waals surface area contributed by atoms with Gasteiger partial charge in [-0.2, -0.15) is 0 Å². The zero-order chi connectivity index (χ0) is 14.6. The quantitative estimate of drug-likeness (QED) is 0.503. The van der Waals surface area contributed by atoms with E-state index in [1.807, 2.05) is 0 Å². The Bertz CT molecular complexity index is 422. The molecule has 0 unspecified atom stereocenters. The van der Waals surface area contributed by atoms with Crippen molar-refractivity contribution >= 4 is 15.9 Å². The number of aryl methyl sites for hydroxylation is 3. The minimum absolute atomic E-state index is 0.334. The Kier molecular flexibility index (Phi) is 5.54. The number of alkyl halides is 1. The van der Waals surface area contributed by atoms with Gasteiger partial charge in [-0.15, -0.1) is 0 Å². The summed E-state index contributed by atoms with van der Waals surface area (Å²) in [6.07, 6.45) is 8.06.